The molecule has 0 aromatic heterocycles. The van der Waals surface area contributed by atoms with Crippen LogP contribution in [0.3, 0.4) is 0 Å². The van der Waals surface area contributed by atoms with E-state index >= 15 is 0 Å². The zero-order valence-electron chi connectivity index (χ0n) is 11.5. The van der Waals surface area contributed by atoms with Crippen LogP contribution in [0.25, 0.3) is 0 Å². The van der Waals surface area contributed by atoms with Gasteiger partial charge in [-0.3, -0.25) is 0 Å². The van der Waals surface area contributed by atoms with Gasteiger partial charge in [-0.2, -0.15) is 0 Å². The monoisotopic (exact) mass is 299 g/mol. The van der Waals surface area contributed by atoms with E-state index in [1.54, 1.807) is 0 Å². The Bertz CT molecular complexity index is 411. The molecule has 2 rings (SSSR count). The van der Waals surface area contributed by atoms with E-state index in [1.807, 2.05) is 18.2 Å². The zero-order valence-corrected chi connectivity index (χ0v) is 13.1. The fourth-order valence-electron chi connectivity index (χ4n) is 3.28. The van der Waals surface area contributed by atoms with Crippen LogP contribution < -0.4 is 5.73 Å². The Labute approximate surface area is 126 Å². The predicted octanol–water partition coefficient (Wildman–Crippen LogP) is 5.60. The van der Waals surface area contributed by atoms with Crippen molar-refractivity contribution in [3.8, 4) is 0 Å². The summed E-state index contributed by atoms with van der Waals surface area (Å²) in [5, 5.41) is 1.24. The van der Waals surface area contributed by atoms with Gasteiger partial charge < -0.3 is 5.73 Å². The number of hydrogen-bond donors (Lipinski definition) is 1. The lowest BCUT2D eigenvalue weighted by Crippen LogP contribution is -2.26. The lowest BCUT2D eigenvalue weighted by Gasteiger charge is -2.32. The first-order valence-corrected chi connectivity index (χ1v) is 8.08. The quantitative estimate of drug-likeness (QED) is 0.769. The molecule has 1 saturated carbocycles. The van der Waals surface area contributed by atoms with Crippen molar-refractivity contribution in [2.75, 3.05) is 0 Å². The van der Waals surface area contributed by atoms with Crippen LogP contribution in [0.1, 0.15) is 57.1 Å². The second-order valence-electron chi connectivity index (χ2n) is 5.74. The maximum Gasteiger partial charge on any atom is 0.0640 e. The molecular weight excluding hydrogens is 277 g/mol. The van der Waals surface area contributed by atoms with Crippen LogP contribution in [0.5, 0.6) is 0 Å². The van der Waals surface area contributed by atoms with Crippen molar-refractivity contribution < 1.29 is 0 Å². The van der Waals surface area contributed by atoms with Gasteiger partial charge in [0.25, 0.3) is 0 Å². The van der Waals surface area contributed by atoms with Gasteiger partial charge in [-0.15, -0.1) is 0 Å². The highest BCUT2D eigenvalue weighted by Gasteiger charge is 2.27. The van der Waals surface area contributed by atoms with Crippen molar-refractivity contribution >= 4 is 23.2 Å². The highest BCUT2D eigenvalue weighted by Crippen LogP contribution is 2.40. The molecule has 0 saturated heterocycles. The van der Waals surface area contributed by atoms with E-state index in [0.717, 1.165) is 11.5 Å². The summed E-state index contributed by atoms with van der Waals surface area (Å²) in [6.07, 6.45) is 7.71. The SMILES string of the molecule is CCCC1CCC(C(N)c2cccc(Cl)c2Cl)CC1. The standard InChI is InChI=1S/C16H23Cl2N/c1-2-4-11-7-9-12(10-8-11)16(19)13-5-3-6-14(17)15(13)18/h3,5-6,11-12,16H,2,4,7-10,19H2,1H3. The smallest absolute Gasteiger partial charge is 0.0640 e. The van der Waals surface area contributed by atoms with Gasteiger partial charge in [-0.1, -0.05) is 67.9 Å². The van der Waals surface area contributed by atoms with Gasteiger partial charge in [-0.25, -0.2) is 0 Å². The third-order valence-corrected chi connectivity index (χ3v) is 5.27. The molecule has 0 radical (unpaired) electrons. The first-order chi connectivity index (χ1) is 9.13. The Morgan fingerprint density at radius 3 is 2.53 bits per heavy atom. The summed E-state index contributed by atoms with van der Waals surface area (Å²) in [7, 11) is 0. The maximum absolute atomic E-state index is 6.42. The van der Waals surface area contributed by atoms with E-state index in [1.165, 1.54) is 38.5 Å². The molecule has 1 nitrogen and oxygen atoms in total. The first-order valence-electron chi connectivity index (χ1n) is 7.33. The summed E-state index contributed by atoms with van der Waals surface area (Å²) in [6.45, 7) is 2.27. The molecule has 1 aliphatic carbocycles. The minimum Gasteiger partial charge on any atom is -0.324 e. The van der Waals surface area contributed by atoms with Gasteiger partial charge in [0.2, 0.25) is 0 Å². The van der Waals surface area contributed by atoms with Crippen molar-refractivity contribution in [1.82, 2.24) is 0 Å². The largest absolute Gasteiger partial charge is 0.324 e. The summed E-state index contributed by atoms with van der Waals surface area (Å²) in [5.74, 6) is 1.45. The number of halogens is 2. The summed E-state index contributed by atoms with van der Waals surface area (Å²) in [5.41, 5.74) is 7.42. The second-order valence-corrected chi connectivity index (χ2v) is 6.52. The Balaban J connectivity index is 2.01. The highest BCUT2D eigenvalue weighted by atomic mass is 35.5. The van der Waals surface area contributed by atoms with Crippen LogP contribution in [-0.2, 0) is 0 Å². The number of hydrogen-bond acceptors (Lipinski definition) is 1. The number of nitrogens with two attached hydrogens (primary N) is 1. The fraction of sp³-hybridized carbons (Fsp3) is 0.625. The Morgan fingerprint density at radius 2 is 1.89 bits per heavy atom. The van der Waals surface area contributed by atoms with Crippen LogP contribution in [0.15, 0.2) is 18.2 Å². The molecule has 19 heavy (non-hydrogen) atoms. The van der Waals surface area contributed by atoms with E-state index in [-0.39, 0.29) is 6.04 Å². The molecular formula is C16H23Cl2N. The van der Waals surface area contributed by atoms with Gasteiger partial charge in [0.15, 0.2) is 0 Å². The van der Waals surface area contributed by atoms with E-state index in [4.69, 9.17) is 28.9 Å². The normalized spacial score (nSPS) is 25.3. The number of benzene rings is 1. The maximum atomic E-state index is 6.42. The summed E-state index contributed by atoms with van der Waals surface area (Å²) in [4.78, 5) is 0. The minimum absolute atomic E-state index is 0.0220. The molecule has 0 heterocycles. The second kappa shape index (κ2) is 6.97. The van der Waals surface area contributed by atoms with Gasteiger partial charge in [0.1, 0.15) is 0 Å². The fourth-order valence-corrected chi connectivity index (χ4v) is 3.71. The van der Waals surface area contributed by atoms with Crippen LogP contribution in [0.2, 0.25) is 10.0 Å². The third kappa shape index (κ3) is 3.65. The molecule has 3 heteroatoms. The minimum atomic E-state index is 0.0220. The van der Waals surface area contributed by atoms with E-state index in [0.29, 0.717) is 16.0 Å². The van der Waals surface area contributed by atoms with E-state index < -0.39 is 0 Å². The van der Waals surface area contributed by atoms with Gasteiger partial charge >= 0.3 is 0 Å². The van der Waals surface area contributed by atoms with Crippen molar-refractivity contribution in [2.24, 2.45) is 17.6 Å². The molecule has 1 fully saturated rings. The van der Waals surface area contributed by atoms with Gasteiger partial charge in [-0.05, 0) is 36.3 Å². The van der Waals surface area contributed by atoms with Crippen LogP contribution in [-0.4, -0.2) is 0 Å². The zero-order chi connectivity index (χ0) is 13.8. The molecule has 1 aromatic carbocycles. The summed E-state index contributed by atoms with van der Waals surface area (Å²) < 4.78 is 0. The average Bonchev–Trinajstić information content (AvgIpc) is 2.42. The van der Waals surface area contributed by atoms with E-state index in [2.05, 4.69) is 6.92 Å². The van der Waals surface area contributed by atoms with Crippen molar-refractivity contribution in [1.29, 1.82) is 0 Å². The molecule has 1 unspecified atom stereocenters. The Hall–Kier alpha value is -0.240. The predicted molar refractivity (Wildman–Crippen MR) is 83.7 cm³/mol. The number of rotatable bonds is 4. The molecule has 1 aliphatic rings. The lowest BCUT2D eigenvalue weighted by molar-refractivity contribution is 0.234. The topological polar surface area (TPSA) is 26.0 Å². The average molecular weight is 300 g/mol. The molecule has 0 bridgehead atoms. The van der Waals surface area contributed by atoms with Gasteiger partial charge in [0.05, 0.1) is 10.0 Å². The van der Waals surface area contributed by atoms with Crippen LogP contribution in [0, 0.1) is 11.8 Å². The molecule has 106 valence electrons. The van der Waals surface area contributed by atoms with Gasteiger partial charge in [0, 0.05) is 6.04 Å². The molecule has 1 atom stereocenters. The lowest BCUT2D eigenvalue weighted by atomic mass is 9.76. The van der Waals surface area contributed by atoms with E-state index in [9.17, 15) is 0 Å². The third-order valence-electron chi connectivity index (χ3n) is 4.44. The Morgan fingerprint density at radius 1 is 1.21 bits per heavy atom. The molecule has 2 N–H and O–H groups in total. The molecule has 0 aliphatic heterocycles. The molecule has 0 spiro atoms. The molecule has 0 amide bonds. The summed E-state index contributed by atoms with van der Waals surface area (Å²) >= 11 is 12.3. The highest BCUT2D eigenvalue weighted by molar-refractivity contribution is 6.42. The molecule has 1 aromatic rings. The Kier molecular flexibility index (Phi) is 5.56. The van der Waals surface area contributed by atoms with Crippen LogP contribution in [0.4, 0.5) is 0 Å². The van der Waals surface area contributed by atoms with Crippen molar-refractivity contribution in [3.63, 3.8) is 0 Å². The van der Waals surface area contributed by atoms with Crippen molar-refractivity contribution in [3.05, 3.63) is 33.8 Å². The van der Waals surface area contributed by atoms with Crippen molar-refractivity contribution in [2.45, 2.75) is 51.5 Å². The van der Waals surface area contributed by atoms with Crippen LogP contribution >= 0.6 is 23.2 Å². The summed E-state index contributed by atoms with van der Waals surface area (Å²) in [6, 6.07) is 5.79. The first kappa shape index (κ1) is 15.2.